The van der Waals surface area contributed by atoms with E-state index >= 15 is 0 Å². The Labute approximate surface area is 161 Å². The number of nitrogens with zero attached hydrogens (tertiary/aromatic N) is 1. The van der Waals surface area contributed by atoms with Crippen LogP contribution >= 0.6 is 11.3 Å². The fourth-order valence-corrected chi connectivity index (χ4v) is 3.82. The number of aromatic amines is 1. The standard InChI is InChI=1S/C21H21N3O2S/c1-13-9-16(12-27-13)21(26)23-18(14-5-3-2-4-6-14)10-17-11-19(25)24-20(22-17)15-7-8-15/h2-6,9,11-12,15,18H,7-8,10H2,1H3,(H,23,26)(H,22,24,25)/t18-/m1/s1. The highest BCUT2D eigenvalue weighted by molar-refractivity contribution is 7.10. The second-order valence-electron chi connectivity index (χ2n) is 6.98. The van der Waals surface area contributed by atoms with E-state index in [9.17, 15) is 9.59 Å². The predicted octanol–water partition coefficient (Wildman–Crippen LogP) is 3.73. The number of thiophene rings is 1. The van der Waals surface area contributed by atoms with Gasteiger partial charge in [0.05, 0.1) is 17.3 Å². The van der Waals surface area contributed by atoms with Gasteiger partial charge in [-0.1, -0.05) is 30.3 Å². The Bertz CT molecular complexity index is 1010. The van der Waals surface area contributed by atoms with Crippen molar-refractivity contribution in [1.82, 2.24) is 15.3 Å². The van der Waals surface area contributed by atoms with Gasteiger partial charge >= 0.3 is 0 Å². The molecule has 3 aromatic rings. The van der Waals surface area contributed by atoms with Crippen LogP contribution in [0.2, 0.25) is 0 Å². The monoisotopic (exact) mass is 379 g/mol. The van der Waals surface area contributed by atoms with Gasteiger partial charge in [0.2, 0.25) is 0 Å². The van der Waals surface area contributed by atoms with E-state index in [0.717, 1.165) is 29.1 Å². The normalized spacial score (nSPS) is 14.7. The van der Waals surface area contributed by atoms with Crippen molar-refractivity contribution in [3.8, 4) is 0 Å². The molecular formula is C21H21N3O2S. The lowest BCUT2D eigenvalue weighted by atomic mass is 10.0. The number of H-pyrrole nitrogens is 1. The predicted molar refractivity (Wildman–Crippen MR) is 106 cm³/mol. The molecule has 2 aromatic heterocycles. The molecule has 1 aromatic carbocycles. The molecule has 4 rings (SSSR count). The van der Waals surface area contributed by atoms with E-state index in [1.165, 1.54) is 6.07 Å². The Morgan fingerprint density at radius 2 is 2.07 bits per heavy atom. The molecule has 1 aliphatic carbocycles. The quantitative estimate of drug-likeness (QED) is 0.685. The Kier molecular flexibility index (Phi) is 4.90. The molecule has 1 saturated carbocycles. The SMILES string of the molecule is Cc1cc(C(=O)N[C@H](Cc2cc(=O)[nH]c(C3CC3)n2)c2ccccc2)cs1. The highest BCUT2D eigenvalue weighted by atomic mass is 32.1. The third-order valence-electron chi connectivity index (χ3n) is 4.69. The van der Waals surface area contributed by atoms with Crippen molar-refractivity contribution in [2.24, 2.45) is 0 Å². The highest BCUT2D eigenvalue weighted by Gasteiger charge is 2.27. The summed E-state index contributed by atoms with van der Waals surface area (Å²) < 4.78 is 0. The molecule has 2 heterocycles. The van der Waals surface area contributed by atoms with E-state index in [1.54, 1.807) is 11.3 Å². The minimum atomic E-state index is -0.250. The molecule has 5 nitrogen and oxygen atoms in total. The zero-order valence-corrected chi connectivity index (χ0v) is 15.9. The number of aromatic nitrogens is 2. The first-order chi connectivity index (χ1) is 13.1. The van der Waals surface area contributed by atoms with E-state index in [1.807, 2.05) is 48.7 Å². The van der Waals surface area contributed by atoms with Crippen molar-refractivity contribution in [2.75, 3.05) is 0 Å². The number of carbonyl (C=O) groups is 1. The summed E-state index contributed by atoms with van der Waals surface area (Å²) in [6.07, 6.45) is 2.62. The third-order valence-corrected chi connectivity index (χ3v) is 5.55. The van der Waals surface area contributed by atoms with Gasteiger partial charge in [-0.2, -0.15) is 0 Å². The Morgan fingerprint density at radius 1 is 1.30 bits per heavy atom. The van der Waals surface area contributed by atoms with E-state index < -0.39 is 0 Å². The Hall–Kier alpha value is -2.73. The summed E-state index contributed by atoms with van der Waals surface area (Å²) in [5, 5.41) is 4.98. The molecule has 1 atom stereocenters. The summed E-state index contributed by atoms with van der Waals surface area (Å²) in [7, 11) is 0. The fourth-order valence-electron chi connectivity index (χ4n) is 3.13. The van der Waals surface area contributed by atoms with Gasteiger partial charge in [-0.3, -0.25) is 9.59 Å². The maximum atomic E-state index is 12.7. The van der Waals surface area contributed by atoms with E-state index in [-0.39, 0.29) is 17.5 Å². The molecule has 0 bridgehead atoms. The first kappa shape index (κ1) is 17.7. The zero-order chi connectivity index (χ0) is 18.8. The van der Waals surface area contributed by atoms with Gasteiger partial charge in [0.25, 0.3) is 11.5 Å². The minimum Gasteiger partial charge on any atom is -0.345 e. The summed E-state index contributed by atoms with van der Waals surface area (Å²) in [6.45, 7) is 1.98. The lowest BCUT2D eigenvalue weighted by Crippen LogP contribution is -2.30. The van der Waals surface area contributed by atoms with Gasteiger partial charge in [-0.05, 0) is 31.4 Å². The Morgan fingerprint density at radius 3 is 2.74 bits per heavy atom. The van der Waals surface area contributed by atoms with Crippen LogP contribution in [0, 0.1) is 6.92 Å². The second kappa shape index (κ2) is 7.48. The van der Waals surface area contributed by atoms with Gasteiger partial charge in [0.15, 0.2) is 0 Å². The van der Waals surface area contributed by atoms with Crippen molar-refractivity contribution in [2.45, 2.75) is 38.1 Å². The number of amides is 1. The smallest absolute Gasteiger partial charge is 0.252 e. The van der Waals surface area contributed by atoms with Gasteiger partial charge < -0.3 is 10.3 Å². The first-order valence-corrected chi connectivity index (χ1v) is 9.97. The maximum absolute atomic E-state index is 12.7. The van der Waals surface area contributed by atoms with Crippen LogP contribution in [-0.2, 0) is 6.42 Å². The fraction of sp³-hybridized carbons (Fsp3) is 0.286. The van der Waals surface area contributed by atoms with Crippen molar-refractivity contribution in [3.63, 3.8) is 0 Å². The number of carbonyl (C=O) groups excluding carboxylic acids is 1. The minimum absolute atomic E-state index is 0.111. The Balaban J connectivity index is 1.60. The molecule has 138 valence electrons. The molecular weight excluding hydrogens is 358 g/mol. The van der Waals surface area contributed by atoms with Crippen LogP contribution in [-0.4, -0.2) is 15.9 Å². The molecule has 27 heavy (non-hydrogen) atoms. The lowest BCUT2D eigenvalue weighted by molar-refractivity contribution is 0.0936. The number of rotatable bonds is 6. The summed E-state index contributed by atoms with van der Waals surface area (Å²) in [4.78, 5) is 33.3. The number of nitrogens with one attached hydrogen (secondary N) is 2. The summed E-state index contributed by atoms with van der Waals surface area (Å²) in [5.74, 6) is 1.03. The lowest BCUT2D eigenvalue weighted by Gasteiger charge is -2.19. The van der Waals surface area contributed by atoms with E-state index in [4.69, 9.17) is 0 Å². The van der Waals surface area contributed by atoms with Crippen LogP contribution in [0.25, 0.3) is 0 Å². The maximum Gasteiger partial charge on any atom is 0.252 e. The molecule has 2 N–H and O–H groups in total. The third kappa shape index (κ3) is 4.34. The molecule has 1 aliphatic rings. The molecule has 0 unspecified atom stereocenters. The largest absolute Gasteiger partial charge is 0.345 e. The van der Waals surface area contributed by atoms with Crippen LogP contribution < -0.4 is 10.9 Å². The average molecular weight is 379 g/mol. The van der Waals surface area contributed by atoms with Gasteiger partial charge in [0.1, 0.15) is 5.82 Å². The zero-order valence-electron chi connectivity index (χ0n) is 15.1. The van der Waals surface area contributed by atoms with Gasteiger partial charge in [-0.15, -0.1) is 11.3 Å². The van der Waals surface area contributed by atoms with E-state index in [2.05, 4.69) is 15.3 Å². The van der Waals surface area contributed by atoms with Crippen LogP contribution in [0.3, 0.4) is 0 Å². The molecule has 6 heteroatoms. The first-order valence-electron chi connectivity index (χ1n) is 9.09. The molecule has 0 saturated heterocycles. The topological polar surface area (TPSA) is 74.8 Å². The second-order valence-corrected chi connectivity index (χ2v) is 8.10. The number of aryl methyl sites for hydroxylation is 1. The van der Waals surface area contributed by atoms with Crippen LogP contribution in [0.5, 0.6) is 0 Å². The van der Waals surface area contributed by atoms with Crippen LogP contribution in [0.15, 0.2) is 52.6 Å². The molecule has 1 fully saturated rings. The summed E-state index contributed by atoms with van der Waals surface area (Å²) >= 11 is 1.56. The van der Waals surface area contributed by atoms with Crippen LogP contribution in [0.4, 0.5) is 0 Å². The average Bonchev–Trinajstić information content (AvgIpc) is 3.42. The molecule has 0 aliphatic heterocycles. The van der Waals surface area contributed by atoms with Crippen molar-refractivity contribution >= 4 is 17.2 Å². The summed E-state index contributed by atoms with van der Waals surface area (Å²) in [5.41, 5.74) is 2.23. The molecule has 1 amide bonds. The molecule has 0 spiro atoms. The van der Waals surface area contributed by atoms with Crippen molar-refractivity contribution in [3.05, 3.63) is 85.7 Å². The highest BCUT2D eigenvalue weighted by Crippen LogP contribution is 2.37. The summed E-state index contributed by atoms with van der Waals surface area (Å²) in [6, 6.07) is 13.0. The van der Waals surface area contributed by atoms with Crippen LogP contribution in [0.1, 0.15) is 57.1 Å². The number of benzene rings is 1. The van der Waals surface area contributed by atoms with Crippen molar-refractivity contribution < 1.29 is 4.79 Å². The van der Waals surface area contributed by atoms with E-state index in [0.29, 0.717) is 23.6 Å². The van der Waals surface area contributed by atoms with Gasteiger partial charge in [0, 0.05) is 28.7 Å². The van der Waals surface area contributed by atoms with Crippen molar-refractivity contribution in [1.29, 1.82) is 0 Å². The number of hydrogen-bond donors (Lipinski definition) is 2. The number of hydrogen-bond acceptors (Lipinski definition) is 4. The molecule has 0 radical (unpaired) electrons. The van der Waals surface area contributed by atoms with Gasteiger partial charge in [-0.25, -0.2) is 4.98 Å².